The van der Waals surface area contributed by atoms with Crippen molar-refractivity contribution in [1.82, 2.24) is 4.90 Å². The van der Waals surface area contributed by atoms with Crippen molar-refractivity contribution in [1.29, 1.82) is 0 Å². The zero-order chi connectivity index (χ0) is 19.5. The lowest BCUT2D eigenvalue weighted by Gasteiger charge is -2.13. The van der Waals surface area contributed by atoms with Crippen molar-refractivity contribution in [3.8, 4) is 0 Å². The maximum Gasteiger partial charge on any atom is 0.310 e. The zero-order valence-electron chi connectivity index (χ0n) is 16.1. The summed E-state index contributed by atoms with van der Waals surface area (Å²) in [5.74, 6) is -1.62. The van der Waals surface area contributed by atoms with Gasteiger partial charge in [-0.05, 0) is 38.2 Å². The molecule has 0 amide bonds. The van der Waals surface area contributed by atoms with Gasteiger partial charge in [-0.2, -0.15) is 0 Å². The van der Waals surface area contributed by atoms with Gasteiger partial charge in [-0.15, -0.1) is 0 Å². The van der Waals surface area contributed by atoms with Crippen LogP contribution in [0.1, 0.15) is 55.1 Å². The Morgan fingerprint density at radius 3 is 1.88 bits per heavy atom. The zero-order valence-corrected chi connectivity index (χ0v) is 16.1. The highest BCUT2D eigenvalue weighted by molar-refractivity contribution is 6.09. The van der Waals surface area contributed by atoms with E-state index >= 15 is 0 Å². The van der Waals surface area contributed by atoms with Crippen LogP contribution in [0.3, 0.4) is 0 Å². The monoisotopic (exact) mass is 355 g/mol. The summed E-state index contributed by atoms with van der Waals surface area (Å²) >= 11 is 0. The molecule has 2 aromatic rings. The number of nitrogens with zero attached hydrogens (tertiary/aromatic N) is 1. The van der Waals surface area contributed by atoms with Gasteiger partial charge in [-0.1, -0.05) is 69.3 Å². The summed E-state index contributed by atoms with van der Waals surface area (Å²) in [6, 6.07) is 15.7. The summed E-state index contributed by atoms with van der Waals surface area (Å²) in [5.41, 5.74) is 1.74. The van der Waals surface area contributed by atoms with Crippen molar-refractivity contribution >= 4 is 11.8 Å². The average molecular weight is 355 g/mol. The average Bonchev–Trinajstić information content (AvgIpc) is 2.69. The van der Waals surface area contributed by atoms with Crippen LogP contribution in [-0.4, -0.2) is 41.4 Å². The molecule has 2 rings (SSSR count). The van der Waals surface area contributed by atoms with Crippen LogP contribution in [0.4, 0.5) is 0 Å². The molecule has 1 N–H and O–H groups in total. The molecule has 0 heterocycles. The van der Waals surface area contributed by atoms with Crippen LogP contribution in [0.15, 0.2) is 54.6 Å². The van der Waals surface area contributed by atoms with Crippen LogP contribution >= 0.6 is 0 Å². The SMILES string of the molecule is CC(C(=O)O)c1cccc(C(=O)c2ccccc2)c1.CCN(CC)CC. The Hall–Kier alpha value is -2.46. The number of hydrogen-bond donors (Lipinski definition) is 1. The molecule has 0 saturated heterocycles. The van der Waals surface area contributed by atoms with Crippen LogP contribution in [-0.2, 0) is 4.79 Å². The van der Waals surface area contributed by atoms with Gasteiger partial charge < -0.3 is 10.0 Å². The summed E-state index contributed by atoms with van der Waals surface area (Å²) in [6.45, 7) is 11.7. The molecular weight excluding hydrogens is 326 g/mol. The summed E-state index contributed by atoms with van der Waals surface area (Å²) in [4.78, 5) is 25.6. The van der Waals surface area contributed by atoms with E-state index in [0.717, 1.165) is 0 Å². The lowest BCUT2D eigenvalue weighted by Crippen LogP contribution is -2.21. The molecule has 0 spiro atoms. The molecule has 0 aromatic heterocycles. The fourth-order valence-corrected chi connectivity index (χ4v) is 2.52. The van der Waals surface area contributed by atoms with Crippen molar-refractivity contribution in [2.45, 2.75) is 33.6 Å². The molecule has 0 aliphatic carbocycles. The van der Waals surface area contributed by atoms with Crippen molar-refractivity contribution in [2.75, 3.05) is 19.6 Å². The minimum Gasteiger partial charge on any atom is -0.481 e. The first-order valence-corrected chi connectivity index (χ1v) is 9.09. The van der Waals surface area contributed by atoms with Crippen LogP contribution in [0.25, 0.3) is 0 Å². The topological polar surface area (TPSA) is 57.6 Å². The Balaban J connectivity index is 0.000000412. The Labute approximate surface area is 156 Å². The Morgan fingerprint density at radius 1 is 0.885 bits per heavy atom. The molecule has 0 aliphatic rings. The molecule has 1 unspecified atom stereocenters. The van der Waals surface area contributed by atoms with Gasteiger partial charge in [-0.25, -0.2) is 0 Å². The number of carbonyl (C=O) groups excluding carboxylic acids is 1. The lowest BCUT2D eigenvalue weighted by atomic mass is 9.96. The molecule has 0 radical (unpaired) electrons. The number of carboxylic acids is 1. The highest BCUT2D eigenvalue weighted by Crippen LogP contribution is 2.18. The second-order valence-electron chi connectivity index (χ2n) is 6.00. The van der Waals surface area contributed by atoms with E-state index in [1.807, 2.05) is 6.07 Å². The summed E-state index contributed by atoms with van der Waals surface area (Å²) in [7, 11) is 0. The number of hydrogen-bond acceptors (Lipinski definition) is 3. The molecule has 0 bridgehead atoms. The van der Waals surface area contributed by atoms with Crippen LogP contribution in [0.2, 0.25) is 0 Å². The van der Waals surface area contributed by atoms with E-state index in [0.29, 0.717) is 16.7 Å². The molecule has 4 nitrogen and oxygen atoms in total. The van der Waals surface area contributed by atoms with Gasteiger partial charge in [0.15, 0.2) is 5.78 Å². The van der Waals surface area contributed by atoms with E-state index in [2.05, 4.69) is 25.7 Å². The van der Waals surface area contributed by atoms with Gasteiger partial charge in [0.2, 0.25) is 0 Å². The second-order valence-corrected chi connectivity index (χ2v) is 6.00. The first-order chi connectivity index (χ1) is 12.4. The summed E-state index contributed by atoms with van der Waals surface area (Å²) in [5, 5.41) is 9.00. The number of rotatable bonds is 7. The molecule has 4 heteroatoms. The lowest BCUT2D eigenvalue weighted by molar-refractivity contribution is -0.138. The number of aliphatic carboxylic acids is 1. The number of carbonyl (C=O) groups is 2. The van der Waals surface area contributed by atoms with Gasteiger partial charge in [0.1, 0.15) is 0 Å². The van der Waals surface area contributed by atoms with E-state index < -0.39 is 11.9 Å². The first kappa shape index (κ1) is 21.6. The number of benzene rings is 2. The minimum absolute atomic E-state index is 0.0972. The van der Waals surface area contributed by atoms with Crippen molar-refractivity contribution in [3.63, 3.8) is 0 Å². The number of carboxylic acid groups (broad SMARTS) is 1. The standard InChI is InChI=1S/C16H14O3.C6H15N/c1-11(16(18)19)13-8-5-9-14(10-13)15(17)12-6-3-2-4-7-12;1-4-7(5-2)6-3/h2-11H,1H3,(H,18,19);4-6H2,1-3H3. The third kappa shape index (κ3) is 6.45. The third-order valence-corrected chi connectivity index (χ3v) is 4.40. The van der Waals surface area contributed by atoms with Crippen molar-refractivity contribution in [3.05, 3.63) is 71.3 Å². The van der Waals surface area contributed by atoms with E-state index in [1.165, 1.54) is 19.6 Å². The van der Waals surface area contributed by atoms with Crippen molar-refractivity contribution in [2.24, 2.45) is 0 Å². The fourth-order valence-electron chi connectivity index (χ4n) is 2.52. The Bertz CT molecular complexity index is 688. The molecule has 1 atom stereocenters. The van der Waals surface area contributed by atoms with Gasteiger partial charge in [0.05, 0.1) is 5.92 Å². The molecular formula is C22H29NO3. The Morgan fingerprint density at radius 2 is 1.42 bits per heavy atom. The maximum absolute atomic E-state index is 12.2. The van der Waals surface area contributed by atoms with E-state index in [1.54, 1.807) is 55.5 Å². The number of ketones is 1. The summed E-state index contributed by atoms with van der Waals surface area (Å²) in [6.07, 6.45) is 0. The quantitative estimate of drug-likeness (QED) is 0.745. The predicted molar refractivity (Wildman–Crippen MR) is 106 cm³/mol. The largest absolute Gasteiger partial charge is 0.481 e. The first-order valence-electron chi connectivity index (χ1n) is 9.09. The fraction of sp³-hybridized carbons (Fsp3) is 0.364. The molecule has 2 aromatic carbocycles. The second kappa shape index (κ2) is 11.2. The van der Waals surface area contributed by atoms with Crippen molar-refractivity contribution < 1.29 is 14.7 Å². The van der Waals surface area contributed by atoms with E-state index in [4.69, 9.17) is 5.11 Å². The van der Waals surface area contributed by atoms with Gasteiger partial charge in [0, 0.05) is 11.1 Å². The van der Waals surface area contributed by atoms with Crippen LogP contribution < -0.4 is 0 Å². The highest BCUT2D eigenvalue weighted by atomic mass is 16.4. The summed E-state index contributed by atoms with van der Waals surface area (Å²) < 4.78 is 0. The van der Waals surface area contributed by atoms with Gasteiger partial charge in [-0.3, -0.25) is 9.59 Å². The molecule has 140 valence electrons. The minimum atomic E-state index is -0.899. The smallest absolute Gasteiger partial charge is 0.310 e. The molecule has 0 aliphatic heterocycles. The highest BCUT2D eigenvalue weighted by Gasteiger charge is 2.16. The molecule has 0 fully saturated rings. The maximum atomic E-state index is 12.2. The molecule has 26 heavy (non-hydrogen) atoms. The van der Waals surface area contributed by atoms with E-state index in [9.17, 15) is 9.59 Å². The normalized spacial score (nSPS) is 11.4. The van der Waals surface area contributed by atoms with Gasteiger partial charge >= 0.3 is 5.97 Å². The Kier molecular flexibility index (Phi) is 9.31. The van der Waals surface area contributed by atoms with E-state index in [-0.39, 0.29) is 5.78 Å². The van der Waals surface area contributed by atoms with Gasteiger partial charge in [0.25, 0.3) is 0 Å². The predicted octanol–water partition coefficient (Wildman–Crippen LogP) is 4.45. The van der Waals surface area contributed by atoms with Crippen LogP contribution in [0, 0.1) is 0 Å². The van der Waals surface area contributed by atoms with Crippen LogP contribution in [0.5, 0.6) is 0 Å². The third-order valence-electron chi connectivity index (χ3n) is 4.40. The molecule has 0 saturated carbocycles.